The first-order chi connectivity index (χ1) is 27.1. The molecule has 2 aliphatic carbocycles. The first-order valence-corrected chi connectivity index (χ1v) is 20.7. The van der Waals surface area contributed by atoms with Gasteiger partial charge in [-0.25, -0.2) is 0 Å². The van der Waals surface area contributed by atoms with Gasteiger partial charge in [0.25, 0.3) is 0 Å². The second-order valence-electron chi connectivity index (χ2n) is 18.7. The van der Waals surface area contributed by atoms with Gasteiger partial charge in [-0.15, -0.1) is 0 Å². The zero-order valence-electron chi connectivity index (χ0n) is 33.1. The van der Waals surface area contributed by atoms with Crippen LogP contribution in [0.2, 0.25) is 0 Å². The van der Waals surface area contributed by atoms with Gasteiger partial charge in [0.2, 0.25) is 0 Å². The Morgan fingerprint density at radius 2 is 1.23 bits per heavy atom. The fourth-order valence-electron chi connectivity index (χ4n) is 12.1. The van der Waals surface area contributed by atoms with Crippen molar-refractivity contribution in [1.82, 2.24) is 0 Å². The van der Waals surface area contributed by atoms with Gasteiger partial charge < -0.3 is 10.2 Å². The van der Waals surface area contributed by atoms with E-state index in [4.69, 9.17) is 0 Å². The molecule has 56 heavy (non-hydrogen) atoms. The molecule has 3 aliphatic heterocycles. The number of benzene rings is 7. The third-order valence-electron chi connectivity index (χ3n) is 15.0. The molecule has 271 valence electrons. The number of hydrogen-bond donors (Lipinski definition) is 1. The molecular formula is C53H46BN2. The molecule has 1 N–H and O–H groups in total. The van der Waals surface area contributed by atoms with E-state index in [1.807, 2.05) is 0 Å². The van der Waals surface area contributed by atoms with Crippen molar-refractivity contribution in [3.8, 4) is 22.3 Å². The molecule has 7 aromatic rings. The van der Waals surface area contributed by atoms with Crippen LogP contribution in [0.5, 0.6) is 0 Å². The van der Waals surface area contributed by atoms with Crippen molar-refractivity contribution in [3.63, 3.8) is 0 Å². The summed E-state index contributed by atoms with van der Waals surface area (Å²) in [5.41, 5.74) is 21.0. The predicted molar refractivity (Wildman–Crippen MR) is 236 cm³/mol. The summed E-state index contributed by atoms with van der Waals surface area (Å²) in [6.07, 6.45) is 4.94. The number of nitrogens with one attached hydrogen (secondary N) is 1. The van der Waals surface area contributed by atoms with E-state index in [0.717, 1.165) is 0 Å². The van der Waals surface area contributed by atoms with Gasteiger partial charge >= 0.3 is 0 Å². The number of nitrogens with zero attached hydrogens (tertiary/aromatic N) is 1. The molecule has 3 heterocycles. The van der Waals surface area contributed by atoms with Crippen LogP contribution in [0.25, 0.3) is 33.0 Å². The summed E-state index contributed by atoms with van der Waals surface area (Å²) < 4.78 is 0. The molecule has 12 rings (SSSR count). The largest absolute Gasteiger partial charge is 0.354 e. The third kappa shape index (κ3) is 3.85. The van der Waals surface area contributed by atoms with Crippen LogP contribution in [0.15, 0.2) is 133 Å². The number of fused-ring (bicyclic) bond motifs is 16. The second-order valence-corrected chi connectivity index (χ2v) is 18.7. The number of anilines is 4. The number of hydrogen-bond acceptors (Lipinski definition) is 2. The van der Waals surface area contributed by atoms with E-state index in [1.165, 1.54) is 120 Å². The van der Waals surface area contributed by atoms with Crippen molar-refractivity contribution in [2.24, 2.45) is 0 Å². The van der Waals surface area contributed by atoms with Crippen molar-refractivity contribution in [2.75, 3.05) is 10.2 Å². The lowest BCUT2D eigenvalue weighted by molar-refractivity contribution is 0.195. The molecule has 0 amide bonds. The Morgan fingerprint density at radius 3 is 2.00 bits per heavy atom. The molecule has 7 aromatic carbocycles. The van der Waals surface area contributed by atoms with Crippen molar-refractivity contribution < 1.29 is 0 Å². The third-order valence-corrected chi connectivity index (χ3v) is 15.0. The maximum absolute atomic E-state index is 4.09. The molecule has 3 heteroatoms. The lowest BCUT2D eigenvalue weighted by atomic mass is 9.56. The minimum atomic E-state index is -0.448. The minimum absolute atomic E-state index is 0.0404. The molecular weight excluding hydrogens is 675 g/mol. The van der Waals surface area contributed by atoms with Gasteiger partial charge in [0, 0.05) is 33.4 Å². The van der Waals surface area contributed by atoms with E-state index in [9.17, 15) is 0 Å². The minimum Gasteiger partial charge on any atom is -0.354 e. The SMILES string of the molecule is CC(C)(C)c1cc2c3c(c1)C1(C)CCCCC1(C)N3c1c(c(-c3cccc4c3Nc3ccccc3C43c4ccccc4-c4ccccc43)cc3ccccc13)[B]2. The lowest BCUT2D eigenvalue weighted by Crippen LogP contribution is -2.57. The Hall–Kier alpha value is -5.54. The molecule has 1 radical (unpaired) electrons. The van der Waals surface area contributed by atoms with Crippen LogP contribution in [0, 0.1) is 0 Å². The Labute approximate surface area is 331 Å². The van der Waals surface area contributed by atoms with Crippen LogP contribution < -0.4 is 21.1 Å². The summed E-state index contributed by atoms with van der Waals surface area (Å²) in [5, 5.41) is 6.72. The highest BCUT2D eigenvalue weighted by atomic mass is 15.3. The van der Waals surface area contributed by atoms with Crippen LogP contribution in [0.3, 0.4) is 0 Å². The first-order valence-electron chi connectivity index (χ1n) is 20.7. The average Bonchev–Trinajstić information content (AvgIpc) is 3.62. The molecule has 5 aliphatic rings. The highest BCUT2D eigenvalue weighted by molar-refractivity contribution is 6.74. The quantitative estimate of drug-likeness (QED) is 0.170. The van der Waals surface area contributed by atoms with Gasteiger partial charge in [-0.05, 0) is 98.2 Å². The van der Waals surface area contributed by atoms with Crippen molar-refractivity contribution in [2.45, 2.75) is 82.1 Å². The lowest BCUT2D eigenvalue weighted by Gasteiger charge is -2.51. The second kappa shape index (κ2) is 10.9. The van der Waals surface area contributed by atoms with Gasteiger partial charge in [0.15, 0.2) is 7.28 Å². The molecule has 2 nitrogen and oxygen atoms in total. The Bertz CT molecular complexity index is 2810. The van der Waals surface area contributed by atoms with Crippen LogP contribution in [0.4, 0.5) is 22.7 Å². The predicted octanol–water partition coefficient (Wildman–Crippen LogP) is 11.9. The summed E-state index contributed by atoms with van der Waals surface area (Å²) >= 11 is 0. The molecule has 1 fully saturated rings. The van der Waals surface area contributed by atoms with E-state index in [1.54, 1.807) is 5.56 Å². The van der Waals surface area contributed by atoms with E-state index < -0.39 is 5.41 Å². The maximum atomic E-state index is 4.09. The van der Waals surface area contributed by atoms with Gasteiger partial charge in [-0.2, -0.15) is 0 Å². The molecule has 0 aromatic heterocycles. The van der Waals surface area contributed by atoms with Crippen molar-refractivity contribution in [3.05, 3.63) is 167 Å². The van der Waals surface area contributed by atoms with Crippen molar-refractivity contribution >= 4 is 51.7 Å². The summed E-state index contributed by atoms with van der Waals surface area (Å²) in [5.74, 6) is 0. The maximum Gasteiger partial charge on any atom is 0.197 e. The van der Waals surface area contributed by atoms with Crippen molar-refractivity contribution in [1.29, 1.82) is 0 Å². The summed E-state index contributed by atoms with van der Waals surface area (Å²) in [6.45, 7) is 12.3. The van der Waals surface area contributed by atoms with Gasteiger partial charge in [0.1, 0.15) is 0 Å². The molecule has 0 bridgehead atoms. The average molecular weight is 722 g/mol. The Kier molecular flexibility index (Phi) is 6.33. The normalized spacial score (nSPS) is 21.6. The number of para-hydroxylation sites is 2. The van der Waals surface area contributed by atoms with Gasteiger partial charge in [0.05, 0.1) is 16.6 Å². The fourth-order valence-corrected chi connectivity index (χ4v) is 12.1. The van der Waals surface area contributed by atoms with Crippen LogP contribution in [0.1, 0.15) is 93.7 Å². The van der Waals surface area contributed by atoms with Crippen LogP contribution >= 0.6 is 0 Å². The molecule has 2 unspecified atom stereocenters. The molecule has 1 spiro atoms. The van der Waals surface area contributed by atoms with E-state index in [0.29, 0.717) is 0 Å². The fraction of sp³-hybridized carbons (Fsp3) is 0.245. The number of rotatable bonds is 1. The van der Waals surface area contributed by atoms with Gasteiger partial charge in [-0.3, -0.25) is 0 Å². The Morgan fingerprint density at radius 1 is 0.589 bits per heavy atom. The standard InChI is InChI=1S/C53H46BN2/c1-50(2,3)33-30-43-49-44(31-33)54-46-38(29-32-17-6-7-18-34(32)48(46)56(49)52(5)28-15-14-27-51(43,52)4)37-21-16-25-42-47(37)55-45-26-13-12-24-41(45)53(42)39-22-10-8-19-35(39)36-20-9-11-23-40(36)53/h6-13,16-26,29-31,55H,14-15,27-28H2,1-5H3. The summed E-state index contributed by atoms with van der Waals surface area (Å²) in [4.78, 5) is 2.85. The highest BCUT2D eigenvalue weighted by Crippen LogP contribution is 2.64. The topological polar surface area (TPSA) is 15.3 Å². The molecule has 2 atom stereocenters. The van der Waals surface area contributed by atoms with E-state index >= 15 is 0 Å². The van der Waals surface area contributed by atoms with E-state index in [2.05, 4.69) is 186 Å². The zero-order valence-corrected chi connectivity index (χ0v) is 33.1. The van der Waals surface area contributed by atoms with Crippen LogP contribution in [-0.2, 0) is 16.2 Å². The zero-order chi connectivity index (χ0) is 37.8. The Balaban J connectivity index is 1.18. The highest BCUT2D eigenvalue weighted by Gasteiger charge is 2.60. The smallest absolute Gasteiger partial charge is 0.197 e. The summed E-state index contributed by atoms with van der Waals surface area (Å²) in [6, 6.07) is 51.1. The van der Waals surface area contributed by atoms with Gasteiger partial charge in [-0.1, -0.05) is 167 Å². The van der Waals surface area contributed by atoms with E-state index in [-0.39, 0.29) is 16.4 Å². The first kappa shape index (κ1) is 32.7. The monoisotopic (exact) mass is 721 g/mol. The molecule has 1 saturated carbocycles. The van der Waals surface area contributed by atoms with Crippen LogP contribution in [-0.4, -0.2) is 12.8 Å². The summed E-state index contributed by atoms with van der Waals surface area (Å²) in [7, 11) is 2.57. The molecule has 0 saturated heterocycles.